The minimum absolute atomic E-state index is 0.0238. The molecule has 9 heteroatoms. The van der Waals surface area contributed by atoms with Gasteiger partial charge >= 0.3 is 6.36 Å². The number of nitrogens with one attached hydrogen (secondary N) is 1. The number of amides is 1. The standard InChI is InChI=1S/C19H28F3N3O3/c1-12(2)13-9-25(5)10-14(13)24-17(26)18(3,4)11-27-16-15(7-6-8-23-16)28-19(20,21)22/h6-8,12-14H,9-11H2,1-5H3,(H,24,26)/t13-,14+/m0/s1. The Hall–Kier alpha value is -2.03. The molecule has 2 rings (SSSR count). The molecule has 2 atom stereocenters. The van der Waals surface area contributed by atoms with E-state index in [4.69, 9.17) is 4.74 Å². The SMILES string of the molecule is CC(C)[C@@H]1CN(C)C[C@H]1NC(=O)C(C)(C)COc1ncccc1OC(F)(F)F. The number of carbonyl (C=O) groups is 1. The normalized spacial score (nSPS) is 21.0. The van der Waals surface area contributed by atoms with E-state index in [-0.39, 0.29) is 24.4 Å². The molecule has 1 fully saturated rings. The van der Waals surface area contributed by atoms with Crippen molar-refractivity contribution >= 4 is 5.91 Å². The van der Waals surface area contributed by atoms with Gasteiger partial charge in [0.2, 0.25) is 5.91 Å². The Bertz CT molecular complexity index is 680. The molecule has 0 radical (unpaired) electrons. The smallest absolute Gasteiger partial charge is 0.474 e. The number of likely N-dealkylation sites (N-methyl/N-ethyl adjacent to an activating group) is 1. The number of aromatic nitrogens is 1. The molecule has 1 aromatic rings. The van der Waals surface area contributed by atoms with Gasteiger partial charge in [-0.25, -0.2) is 4.98 Å². The Balaban J connectivity index is 2.01. The van der Waals surface area contributed by atoms with Gasteiger partial charge in [0, 0.05) is 25.3 Å². The molecule has 0 aliphatic carbocycles. The fraction of sp³-hybridized carbons (Fsp3) is 0.684. The third kappa shape index (κ3) is 5.98. The lowest BCUT2D eigenvalue weighted by Crippen LogP contribution is -2.49. The van der Waals surface area contributed by atoms with Crippen LogP contribution in [0.1, 0.15) is 27.7 Å². The molecule has 0 bridgehead atoms. The number of halogens is 3. The Morgan fingerprint density at radius 3 is 2.64 bits per heavy atom. The molecule has 158 valence electrons. The molecule has 0 saturated carbocycles. The third-order valence-corrected chi connectivity index (χ3v) is 4.87. The quantitative estimate of drug-likeness (QED) is 0.758. The average Bonchev–Trinajstić information content (AvgIpc) is 2.93. The van der Waals surface area contributed by atoms with Crippen molar-refractivity contribution < 1.29 is 27.4 Å². The van der Waals surface area contributed by atoms with Crippen LogP contribution in [0, 0.1) is 17.3 Å². The van der Waals surface area contributed by atoms with Crippen molar-refractivity contribution in [3.05, 3.63) is 18.3 Å². The summed E-state index contributed by atoms with van der Waals surface area (Å²) >= 11 is 0. The van der Waals surface area contributed by atoms with Crippen LogP contribution in [0.15, 0.2) is 18.3 Å². The summed E-state index contributed by atoms with van der Waals surface area (Å²) in [4.78, 5) is 18.8. The summed E-state index contributed by atoms with van der Waals surface area (Å²) in [5, 5.41) is 3.08. The fourth-order valence-corrected chi connectivity index (χ4v) is 3.23. The minimum Gasteiger partial charge on any atom is -0.474 e. The van der Waals surface area contributed by atoms with E-state index in [2.05, 4.69) is 33.8 Å². The molecular formula is C19H28F3N3O3. The van der Waals surface area contributed by atoms with Gasteiger partial charge in [-0.3, -0.25) is 4.79 Å². The maximum absolute atomic E-state index is 12.8. The number of likely N-dealkylation sites (tertiary alicyclic amines) is 1. The molecule has 0 spiro atoms. The van der Waals surface area contributed by atoms with E-state index >= 15 is 0 Å². The highest BCUT2D eigenvalue weighted by molar-refractivity contribution is 5.82. The van der Waals surface area contributed by atoms with E-state index in [0.717, 1.165) is 19.2 Å². The molecule has 6 nitrogen and oxygen atoms in total. The van der Waals surface area contributed by atoms with E-state index < -0.39 is 17.5 Å². The van der Waals surface area contributed by atoms with Crippen LogP contribution in [0.4, 0.5) is 13.2 Å². The van der Waals surface area contributed by atoms with Gasteiger partial charge in [-0.1, -0.05) is 13.8 Å². The van der Waals surface area contributed by atoms with Crippen LogP contribution in [-0.2, 0) is 4.79 Å². The van der Waals surface area contributed by atoms with Gasteiger partial charge in [-0.05, 0) is 44.9 Å². The zero-order valence-electron chi connectivity index (χ0n) is 16.8. The van der Waals surface area contributed by atoms with Gasteiger partial charge in [0.1, 0.15) is 6.61 Å². The highest BCUT2D eigenvalue weighted by Crippen LogP contribution is 2.31. The van der Waals surface area contributed by atoms with Gasteiger partial charge < -0.3 is 19.7 Å². The first-order valence-electron chi connectivity index (χ1n) is 9.22. The molecule has 2 heterocycles. The summed E-state index contributed by atoms with van der Waals surface area (Å²) in [6.07, 6.45) is -3.55. The number of rotatable bonds is 7. The fourth-order valence-electron chi connectivity index (χ4n) is 3.23. The zero-order chi connectivity index (χ0) is 21.1. The molecule has 1 amide bonds. The van der Waals surface area contributed by atoms with Crippen LogP contribution >= 0.6 is 0 Å². The summed E-state index contributed by atoms with van der Waals surface area (Å²) in [6, 6.07) is 2.45. The number of carbonyl (C=O) groups excluding carboxylic acids is 1. The highest BCUT2D eigenvalue weighted by atomic mass is 19.4. The number of nitrogens with zero attached hydrogens (tertiary/aromatic N) is 2. The second kappa shape index (κ2) is 8.55. The second-order valence-corrected chi connectivity index (χ2v) is 8.24. The number of alkyl halides is 3. The molecule has 1 saturated heterocycles. The number of ether oxygens (including phenoxy) is 2. The molecule has 1 aliphatic rings. The van der Waals surface area contributed by atoms with Crippen LogP contribution < -0.4 is 14.8 Å². The van der Waals surface area contributed by atoms with Crippen molar-refractivity contribution in [2.45, 2.75) is 40.1 Å². The molecular weight excluding hydrogens is 375 g/mol. The van der Waals surface area contributed by atoms with Crippen LogP contribution in [-0.4, -0.2) is 54.9 Å². The minimum atomic E-state index is -4.85. The van der Waals surface area contributed by atoms with Crippen molar-refractivity contribution in [3.8, 4) is 11.6 Å². The molecule has 0 aromatic carbocycles. The van der Waals surface area contributed by atoms with Crippen molar-refractivity contribution in [2.75, 3.05) is 26.7 Å². The summed E-state index contributed by atoms with van der Waals surface area (Å²) in [7, 11) is 2.01. The Morgan fingerprint density at radius 2 is 2.04 bits per heavy atom. The second-order valence-electron chi connectivity index (χ2n) is 8.24. The van der Waals surface area contributed by atoms with Crippen molar-refractivity contribution in [3.63, 3.8) is 0 Å². The van der Waals surface area contributed by atoms with E-state index in [9.17, 15) is 18.0 Å². The largest absolute Gasteiger partial charge is 0.573 e. The summed E-state index contributed by atoms with van der Waals surface area (Å²) in [6.45, 7) is 9.14. The van der Waals surface area contributed by atoms with Crippen LogP contribution in [0.5, 0.6) is 11.6 Å². The third-order valence-electron chi connectivity index (χ3n) is 4.87. The first-order valence-corrected chi connectivity index (χ1v) is 9.22. The summed E-state index contributed by atoms with van der Waals surface area (Å²) in [5.74, 6) is -0.295. The number of hydrogen-bond acceptors (Lipinski definition) is 5. The summed E-state index contributed by atoms with van der Waals surface area (Å²) < 4.78 is 46.9. The average molecular weight is 403 g/mol. The zero-order valence-corrected chi connectivity index (χ0v) is 16.8. The Morgan fingerprint density at radius 1 is 1.36 bits per heavy atom. The first-order chi connectivity index (χ1) is 12.9. The monoisotopic (exact) mass is 403 g/mol. The number of hydrogen-bond donors (Lipinski definition) is 1. The first kappa shape index (κ1) is 22.3. The van der Waals surface area contributed by atoms with Crippen LogP contribution in [0.2, 0.25) is 0 Å². The maximum atomic E-state index is 12.8. The predicted octanol–water partition coefficient (Wildman–Crippen LogP) is 3.09. The van der Waals surface area contributed by atoms with E-state index in [0.29, 0.717) is 11.8 Å². The molecule has 1 aromatic heterocycles. The van der Waals surface area contributed by atoms with Crippen molar-refractivity contribution in [1.29, 1.82) is 0 Å². The molecule has 1 N–H and O–H groups in total. The van der Waals surface area contributed by atoms with Crippen LogP contribution in [0.3, 0.4) is 0 Å². The Labute approximate surface area is 163 Å². The van der Waals surface area contributed by atoms with Crippen LogP contribution in [0.25, 0.3) is 0 Å². The Kier molecular flexibility index (Phi) is 6.80. The maximum Gasteiger partial charge on any atom is 0.573 e. The van der Waals surface area contributed by atoms with Crippen molar-refractivity contribution in [1.82, 2.24) is 15.2 Å². The highest BCUT2D eigenvalue weighted by Gasteiger charge is 2.38. The summed E-state index contributed by atoms with van der Waals surface area (Å²) in [5.41, 5.74) is -0.963. The molecule has 28 heavy (non-hydrogen) atoms. The van der Waals surface area contributed by atoms with E-state index in [1.54, 1.807) is 13.8 Å². The van der Waals surface area contributed by atoms with E-state index in [1.165, 1.54) is 12.3 Å². The lowest BCUT2D eigenvalue weighted by molar-refractivity contribution is -0.275. The van der Waals surface area contributed by atoms with Gasteiger partial charge in [0.15, 0.2) is 5.75 Å². The lowest BCUT2D eigenvalue weighted by Gasteiger charge is -2.29. The lowest BCUT2D eigenvalue weighted by atomic mass is 9.88. The van der Waals surface area contributed by atoms with E-state index in [1.807, 2.05) is 7.05 Å². The van der Waals surface area contributed by atoms with Gasteiger partial charge in [-0.15, -0.1) is 13.2 Å². The molecule has 0 unspecified atom stereocenters. The van der Waals surface area contributed by atoms with Gasteiger partial charge in [0.25, 0.3) is 5.88 Å². The number of pyridine rings is 1. The molecule has 1 aliphatic heterocycles. The van der Waals surface area contributed by atoms with Gasteiger partial charge in [-0.2, -0.15) is 0 Å². The topological polar surface area (TPSA) is 63.7 Å². The van der Waals surface area contributed by atoms with Gasteiger partial charge in [0.05, 0.1) is 5.41 Å². The predicted molar refractivity (Wildman–Crippen MR) is 98.0 cm³/mol. The van der Waals surface area contributed by atoms with Crippen molar-refractivity contribution in [2.24, 2.45) is 17.3 Å².